The largest absolute Gasteiger partial charge is 0.497 e. The van der Waals surface area contributed by atoms with E-state index in [0.717, 1.165) is 39.3 Å². The molecule has 8 heteroatoms. The fourth-order valence-corrected chi connectivity index (χ4v) is 3.63. The lowest BCUT2D eigenvalue weighted by molar-refractivity contribution is 0.0996. The Bertz CT molecular complexity index is 1460. The zero-order valence-corrected chi connectivity index (χ0v) is 16.6. The molecule has 152 valence electrons. The number of rotatable bonds is 4. The van der Waals surface area contributed by atoms with Crippen LogP contribution in [0.3, 0.4) is 0 Å². The summed E-state index contributed by atoms with van der Waals surface area (Å²) in [5.74, 6) is 0.850. The van der Waals surface area contributed by atoms with Crippen LogP contribution in [0.2, 0.25) is 0 Å². The Morgan fingerprint density at radius 3 is 2.52 bits per heavy atom. The first-order chi connectivity index (χ1) is 15.0. The molecule has 5 rings (SSSR count). The molecule has 31 heavy (non-hydrogen) atoms. The van der Waals surface area contributed by atoms with Crippen LogP contribution in [0.15, 0.2) is 60.7 Å². The van der Waals surface area contributed by atoms with Gasteiger partial charge in [-0.05, 0) is 42.0 Å². The Morgan fingerprint density at radius 1 is 1.00 bits per heavy atom. The molecule has 0 saturated carbocycles. The maximum atomic E-state index is 11.5. The van der Waals surface area contributed by atoms with Crippen LogP contribution in [-0.2, 0) is 0 Å². The summed E-state index contributed by atoms with van der Waals surface area (Å²) in [6.07, 6.45) is 0. The van der Waals surface area contributed by atoms with Gasteiger partial charge < -0.3 is 21.2 Å². The van der Waals surface area contributed by atoms with E-state index in [1.165, 1.54) is 0 Å². The quantitative estimate of drug-likeness (QED) is 0.415. The summed E-state index contributed by atoms with van der Waals surface area (Å²) < 4.78 is 5.22. The lowest BCUT2D eigenvalue weighted by Crippen LogP contribution is -2.16. The lowest BCUT2D eigenvalue weighted by Gasteiger charge is -2.09. The maximum absolute atomic E-state index is 11.5. The number of aromatic amines is 1. The van der Waals surface area contributed by atoms with E-state index in [1.54, 1.807) is 13.2 Å². The Morgan fingerprint density at radius 2 is 1.77 bits per heavy atom. The van der Waals surface area contributed by atoms with Crippen molar-refractivity contribution in [3.63, 3.8) is 0 Å². The van der Waals surface area contributed by atoms with Crippen molar-refractivity contribution in [2.75, 3.05) is 12.8 Å². The van der Waals surface area contributed by atoms with Gasteiger partial charge in [0.2, 0.25) is 0 Å². The van der Waals surface area contributed by atoms with Gasteiger partial charge in [0.25, 0.3) is 5.91 Å². The smallest absolute Gasteiger partial charge is 0.271 e. The Hall–Kier alpha value is -4.46. The number of imidazole rings is 1. The number of fused-ring (bicyclic) bond motifs is 2. The minimum atomic E-state index is -0.706. The molecule has 0 saturated heterocycles. The fourth-order valence-electron chi connectivity index (χ4n) is 3.63. The van der Waals surface area contributed by atoms with Crippen LogP contribution < -0.4 is 16.2 Å². The van der Waals surface area contributed by atoms with Crippen molar-refractivity contribution in [1.82, 2.24) is 20.2 Å². The minimum Gasteiger partial charge on any atom is -0.497 e. The molecule has 0 unspecified atom stereocenters. The Labute approximate surface area is 176 Å². The molecular weight excluding hydrogens is 392 g/mol. The molecule has 0 atom stereocenters. The predicted octanol–water partition coefficient (Wildman–Crippen LogP) is 3.53. The summed E-state index contributed by atoms with van der Waals surface area (Å²) in [6, 6.07) is 19.2. The molecule has 5 N–H and O–H groups in total. The normalized spacial score (nSPS) is 11.1. The molecular formula is C23H18N6O2. The van der Waals surface area contributed by atoms with Gasteiger partial charge in [-0.3, -0.25) is 4.79 Å². The number of hydrogen-bond acceptors (Lipinski definition) is 6. The summed E-state index contributed by atoms with van der Waals surface area (Å²) in [6.45, 7) is 0. The van der Waals surface area contributed by atoms with Gasteiger partial charge in [0, 0.05) is 16.5 Å². The highest BCUT2D eigenvalue weighted by Gasteiger charge is 2.16. The molecule has 0 aliphatic heterocycles. The number of H-pyrrole nitrogens is 1. The van der Waals surface area contributed by atoms with E-state index in [1.807, 2.05) is 54.6 Å². The molecule has 0 fully saturated rings. The second kappa shape index (κ2) is 7.10. The molecule has 5 aromatic rings. The number of nitrogens with zero attached hydrogens (tertiary/aromatic N) is 3. The van der Waals surface area contributed by atoms with E-state index in [4.69, 9.17) is 16.2 Å². The van der Waals surface area contributed by atoms with Crippen molar-refractivity contribution in [3.05, 3.63) is 66.4 Å². The number of nitrogens with two attached hydrogens (primary N) is 2. The number of methoxy groups -OCH3 is 1. The van der Waals surface area contributed by atoms with Gasteiger partial charge in [-0.15, -0.1) is 10.2 Å². The lowest BCUT2D eigenvalue weighted by atomic mass is 10.0. The number of aromatic nitrogens is 4. The van der Waals surface area contributed by atoms with E-state index in [-0.39, 0.29) is 11.4 Å². The zero-order chi connectivity index (χ0) is 21.5. The summed E-state index contributed by atoms with van der Waals surface area (Å²) in [5, 5.41) is 8.78. The van der Waals surface area contributed by atoms with Crippen molar-refractivity contribution >= 4 is 33.5 Å². The van der Waals surface area contributed by atoms with Crippen molar-refractivity contribution in [2.45, 2.75) is 0 Å². The third-order valence-electron chi connectivity index (χ3n) is 5.22. The van der Waals surface area contributed by atoms with Gasteiger partial charge >= 0.3 is 0 Å². The van der Waals surface area contributed by atoms with Crippen LogP contribution in [0.5, 0.6) is 5.75 Å². The first-order valence-electron chi connectivity index (χ1n) is 9.54. The van der Waals surface area contributed by atoms with Gasteiger partial charge in [0.15, 0.2) is 5.69 Å². The number of hydrogen-bond donors (Lipinski definition) is 3. The number of nitrogen functional groups attached to an aromatic ring is 1. The molecule has 2 aromatic heterocycles. The number of amides is 1. The van der Waals surface area contributed by atoms with Crippen molar-refractivity contribution in [3.8, 4) is 28.3 Å². The third kappa shape index (κ3) is 3.10. The molecule has 0 spiro atoms. The summed E-state index contributed by atoms with van der Waals surface area (Å²) in [7, 11) is 1.64. The van der Waals surface area contributed by atoms with Crippen LogP contribution in [-0.4, -0.2) is 33.2 Å². The number of ether oxygens (including phenoxy) is 1. The first kappa shape index (κ1) is 18.6. The van der Waals surface area contributed by atoms with Crippen LogP contribution in [0.1, 0.15) is 10.5 Å². The van der Waals surface area contributed by atoms with Gasteiger partial charge in [-0.2, -0.15) is 0 Å². The SMILES string of the molecule is COc1ccc(-c2nc3ccc(-c4cccc5c(N)c(C(N)=O)nnc45)cc3[nH]2)cc1. The van der Waals surface area contributed by atoms with Gasteiger partial charge in [0.05, 0.1) is 23.8 Å². The van der Waals surface area contributed by atoms with E-state index in [2.05, 4.69) is 20.2 Å². The Kier molecular flexibility index (Phi) is 4.25. The summed E-state index contributed by atoms with van der Waals surface area (Å²) in [4.78, 5) is 19.6. The highest BCUT2D eigenvalue weighted by atomic mass is 16.5. The highest BCUT2D eigenvalue weighted by Crippen LogP contribution is 2.32. The fraction of sp³-hybridized carbons (Fsp3) is 0.0435. The number of benzene rings is 3. The monoisotopic (exact) mass is 410 g/mol. The first-order valence-corrected chi connectivity index (χ1v) is 9.54. The zero-order valence-electron chi connectivity index (χ0n) is 16.6. The van der Waals surface area contributed by atoms with Crippen molar-refractivity contribution < 1.29 is 9.53 Å². The second-order valence-corrected chi connectivity index (χ2v) is 7.07. The van der Waals surface area contributed by atoms with E-state index in [0.29, 0.717) is 10.9 Å². The Balaban J connectivity index is 1.61. The predicted molar refractivity (Wildman–Crippen MR) is 120 cm³/mol. The number of primary amides is 1. The van der Waals surface area contributed by atoms with E-state index < -0.39 is 5.91 Å². The highest BCUT2D eigenvalue weighted by molar-refractivity contribution is 6.07. The third-order valence-corrected chi connectivity index (χ3v) is 5.22. The van der Waals surface area contributed by atoms with E-state index in [9.17, 15) is 4.79 Å². The average Bonchev–Trinajstić information content (AvgIpc) is 3.22. The number of nitrogens with one attached hydrogen (secondary N) is 1. The number of carbonyl (C=O) groups excluding carboxylic acids is 1. The maximum Gasteiger partial charge on any atom is 0.271 e. The van der Waals surface area contributed by atoms with Crippen LogP contribution >= 0.6 is 0 Å². The standard InChI is InChI=1S/C23H18N6O2/c1-31-14-8-5-12(6-9-14)23-26-17-10-7-13(11-18(17)27-23)15-3-2-4-16-19(24)21(22(25)30)29-28-20(15)16/h2-11H,1H3,(H2,24,28)(H2,25,30)(H,26,27). The molecule has 0 bridgehead atoms. The van der Waals surface area contributed by atoms with Gasteiger partial charge in [0.1, 0.15) is 17.1 Å². The molecule has 1 amide bonds. The van der Waals surface area contributed by atoms with Crippen molar-refractivity contribution in [1.29, 1.82) is 0 Å². The molecule has 3 aromatic carbocycles. The van der Waals surface area contributed by atoms with Gasteiger partial charge in [-0.25, -0.2) is 4.98 Å². The summed E-state index contributed by atoms with van der Waals surface area (Å²) >= 11 is 0. The number of anilines is 1. The van der Waals surface area contributed by atoms with Crippen LogP contribution in [0, 0.1) is 0 Å². The molecule has 0 aliphatic rings. The molecule has 2 heterocycles. The van der Waals surface area contributed by atoms with Crippen molar-refractivity contribution in [2.24, 2.45) is 5.73 Å². The average molecular weight is 410 g/mol. The molecule has 0 aliphatic carbocycles. The minimum absolute atomic E-state index is 0.0298. The second-order valence-electron chi connectivity index (χ2n) is 7.07. The van der Waals surface area contributed by atoms with E-state index >= 15 is 0 Å². The molecule has 0 radical (unpaired) electrons. The summed E-state index contributed by atoms with van der Waals surface area (Å²) in [5.41, 5.74) is 16.7. The van der Waals surface area contributed by atoms with Crippen LogP contribution in [0.4, 0.5) is 5.69 Å². The van der Waals surface area contributed by atoms with Crippen LogP contribution in [0.25, 0.3) is 44.5 Å². The number of carbonyl (C=O) groups is 1. The molecule has 8 nitrogen and oxygen atoms in total. The topological polar surface area (TPSA) is 133 Å². The van der Waals surface area contributed by atoms with Gasteiger partial charge in [-0.1, -0.05) is 24.3 Å².